The van der Waals surface area contributed by atoms with Crippen molar-refractivity contribution in [1.29, 1.82) is 0 Å². The van der Waals surface area contributed by atoms with Crippen LogP contribution in [0.3, 0.4) is 0 Å². The van der Waals surface area contributed by atoms with Gasteiger partial charge in [-0.1, -0.05) is 0 Å². The summed E-state index contributed by atoms with van der Waals surface area (Å²) in [6.45, 7) is -0.00455. The molecule has 2 fully saturated rings. The van der Waals surface area contributed by atoms with Gasteiger partial charge < -0.3 is 10.6 Å². The van der Waals surface area contributed by atoms with Crippen molar-refractivity contribution in [3.8, 4) is 0 Å². The van der Waals surface area contributed by atoms with Crippen LogP contribution >= 0.6 is 11.3 Å². The summed E-state index contributed by atoms with van der Waals surface area (Å²) in [7, 11) is -4.89. The molecule has 0 aliphatic carbocycles. The SMILES string of the molecule is Nc1nc(CC(=O)N(N)C(=O)C2CCC3CN2C(=O)N3OS(=O)(=O)O)cs1. The molecule has 2 aliphatic heterocycles. The summed E-state index contributed by atoms with van der Waals surface area (Å²) in [5.74, 6) is 4.07. The molecular weight excluding hydrogens is 404 g/mol. The van der Waals surface area contributed by atoms with Crippen LogP contribution in [0.2, 0.25) is 0 Å². The summed E-state index contributed by atoms with van der Waals surface area (Å²) in [6.07, 6.45) is 0.126. The Hall–Kier alpha value is -2.33. The maximum absolute atomic E-state index is 12.6. The van der Waals surface area contributed by atoms with Crippen LogP contribution in [0.25, 0.3) is 0 Å². The van der Waals surface area contributed by atoms with Crippen LogP contribution in [-0.2, 0) is 30.7 Å². The molecule has 4 amide bonds. The van der Waals surface area contributed by atoms with E-state index in [4.69, 9.17) is 16.1 Å². The molecule has 1 aromatic heterocycles. The maximum Gasteiger partial charge on any atom is 0.418 e. The number of nitrogen functional groups attached to an aromatic ring is 1. The number of fused-ring (bicyclic) bond motifs is 2. The summed E-state index contributed by atoms with van der Waals surface area (Å²) < 4.78 is 34.8. The number of rotatable bonds is 5. The summed E-state index contributed by atoms with van der Waals surface area (Å²) in [5, 5.41) is 2.75. The van der Waals surface area contributed by atoms with E-state index in [1.165, 1.54) is 0 Å². The fourth-order valence-electron chi connectivity index (χ4n) is 3.02. The molecule has 2 unspecified atom stereocenters. The number of nitrogens with zero attached hydrogens (tertiary/aromatic N) is 4. The molecule has 2 bridgehead atoms. The van der Waals surface area contributed by atoms with Crippen LogP contribution in [0.15, 0.2) is 5.38 Å². The van der Waals surface area contributed by atoms with E-state index in [9.17, 15) is 22.8 Å². The fraction of sp³-hybridized carbons (Fsp3) is 0.500. The number of nitrogens with two attached hydrogens (primary N) is 2. The number of imide groups is 1. The third-order valence-corrected chi connectivity index (χ3v) is 5.26. The molecule has 2 atom stereocenters. The van der Waals surface area contributed by atoms with E-state index in [0.29, 0.717) is 15.8 Å². The molecule has 5 N–H and O–H groups in total. The first-order valence-electron chi connectivity index (χ1n) is 7.65. The zero-order chi connectivity index (χ0) is 19.9. The van der Waals surface area contributed by atoms with E-state index in [-0.39, 0.29) is 30.9 Å². The number of thiazole rings is 1. The van der Waals surface area contributed by atoms with Gasteiger partial charge in [-0.2, -0.15) is 13.5 Å². The lowest BCUT2D eigenvalue weighted by molar-refractivity contribution is -0.148. The molecule has 1 aromatic rings. The number of hydrazine groups is 1. The second-order valence-corrected chi connectivity index (χ2v) is 7.86. The van der Waals surface area contributed by atoms with Crippen molar-refractivity contribution in [2.75, 3.05) is 12.3 Å². The highest BCUT2D eigenvalue weighted by Crippen LogP contribution is 2.31. The van der Waals surface area contributed by atoms with Gasteiger partial charge in [-0.3, -0.25) is 14.1 Å². The first-order chi connectivity index (χ1) is 12.6. The summed E-state index contributed by atoms with van der Waals surface area (Å²) in [5.41, 5.74) is 5.84. The van der Waals surface area contributed by atoms with Crippen LogP contribution in [0.4, 0.5) is 9.93 Å². The van der Waals surface area contributed by atoms with E-state index in [0.717, 1.165) is 16.2 Å². The van der Waals surface area contributed by atoms with Crippen LogP contribution in [0.1, 0.15) is 18.5 Å². The quantitative estimate of drug-likeness (QED) is 0.219. The Labute approximate surface area is 157 Å². The minimum Gasteiger partial charge on any atom is -0.375 e. The smallest absolute Gasteiger partial charge is 0.375 e. The normalized spacial score (nSPS) is 22.2. The van der Waals surface area contributed by atoms with E-state index in [1.807, 2.05) is 0 Å². The van der Waals surface area contributed by atoms with E-state index < -0.39 is 40.3 Å². The number of amides is 4. The van der Waals surface area contributed by atoms with Gasteiger partial charge in [-0.25, -0.2) is 20.6 Å². The number of carbonyl (C=O) groups is 3. The zero-order valence-electron chi connectivity index (χ0n) is 13.7. The highest BCUT2D eigenvalue weighted by molar-refractivity contribution is 7.80. The number of hydrogen-bond acceptors (Lipinski definition) is 10. The van der Waals surface area contributed by atoms with Gasteiger partial charge in [0.15, 0.2) is 5.13 Å². The Balaban J connectivity index is 1.68. The summed E-state index contributed by atoms with van der Waals surface area (Å²) >= 11 is 1.14. The third kappa shape index (κ3) is 4.01. The van der Waals surface area contributed by atoms with Gasteiger partial charge in [0.25, 0.3) is 5.91 Å². The standard InChI is InChI=1S/C12H16N6O7S2/c13-11-15-6(5-26-11)3-9(19)17(14)10(20)8-2-1-7-4-16(8)12(21)18(7)25-27(22,23)24/h5,7-8H,1-4,14H2,(H2,13,15)(H,22,23,24). The van der Waals surface area contributed by atoms with Gasteiger partial charge in [0.05, 0.1) is 18.2 Å². The van der Waals surface area contributed by atoms with Crippen molar-refractivity contribution in [1.82, 2.24) is 20.0 Å². The third-order valence-electron chi connectivity index (χ3n) is 4.19. The molecule has 0 spiro atoms. The predicted molar refractivity (Wildman–Crippen MR) is 89.7 cm³/mol. The molecule has 15 heteroatoms. The first-order valence-corrected chi connectivity index (χ1v) is 9.89. The Morgan fingerprint density at radius 2 is 2.15 bits per heavy atom. The summed E-state index contributed by atoms with van der Waals surface area (Å²) in [4.78, 5) is 42.0. The molecule has 148 valence electrons. The Morgan fingerprint density at radius 3 is 2.74 bits per heavy atom. The van der Waals surface area contributed by atoms with Gasteiger partial charge in [0, 0.05) is 11.9 Å². The zero-order valence-corrected chi connectivity index (χ0v) is 15.4. The topological polar surface area (TPSA) is 189 Å². The second-order valence-electron chi connectivity index (χ2n) is 5.97. The Morgan fingerprint density at radius 1 is 1.44 bits per heavy atom. The summed E-state index contributed by atoms with van der Waals surface area (Å²) in [6, 6.07) is -2.62. The number of carbonyl (C=O) groups excluding carboxylic acids is 3. The average Bonchev–Trinajstić information content (AvgIpc) is 3.09. The minimum atomic E-state index is -4.89. The lowest BCUT2D eigenvalue weighted by atomic mass is 10.00. The largest absolute Gasteiger partial charge is 0.418 e. The van der Waals surface area contributed by atoms with E-state index in [1.54, 1.807) is 5.38 Å². The fourth-order valence-corrected chi connectivity index (χ4v) is 3.97. The number of urea groups is 1. The van der Waals surface area contributed by atoms with Crippen molar-refractivity contribution in [3.63, 3.8) is 0 Å². The molecule has 0 radical (unpaired) electrons. The minimum absolute atomic E-state index is 0.00455. The molecular formula is C12H16N6O7S2. The average molecular weight is 420 g/mol. The van der Waals surface area contributed by atoms with Crippen molar-refractivity contribution in [2.45, 2.75) is 31.3 Å². The van der Waals surface area contributed by atoms with Gasteiger partial charge in [0.2, 0.25) is 5.91 Å². The molecule has 0 aromatic carbocycles. The van der Waals surface area contributed by atoms with Gasteiger partial charge in [0.1, 0.15) is 6.04 Å². The second kappa shape index (κ2) is 7.01. The lowest BCUT2D eigenvalue weighted by Crippen LogP contribution is -2.55. The number of hydrogen-bond donors (Lipinski definition) is 3. The molecule has 3 rings (SSSR count). The van der Waals surface area contributed by atoms with Gasteiger partial charge >= 0.3 is 16.4 Å². The van der Waals surface area contributed by atoms with E-state index in [2.05, 4.69) is 9.27 Å². The van der Waals surface area contributed by atoms with Crippen LogP contribution in [0.5, 0.6) is 0 Å². The highest BCUT2D eigenvalue weighted by Gasteiger charge is 2.50. The molecule has 2 aliphatic rings. The van der Waals surface area contributed by atoms with E-state index >= 15 is 0 Å². The molecule has 0 saturated carbocycles. The molecule has 2 saturated heterocycles. The first kappa shape index (κ1) is 19.4. The van der Waals surface area contributed by atoms with Gasteiger partial charge in [-0.05, 0) is 12.8 Å². The Kier molecular flexibility index (Phi) is 5.04. The number of piperidine rings is 1. The van der Waals surface area contributed by atoms with Crippen LogP contribution < -0.4 is 11.6 Å². The van der Waals surface area contributed by atoms with Crippen LogP contribution in [-0.4, -0.2) is 69.4 Å². The highest BCUT2D eigenvalue weighted by atomic mass is 32.3. The van der Waals surface area contributed by atoms with Crippen molar-refractivity contribution in [2.24, 2.45) is 5.84 Å². The van der Waals surface area contributed by atoms with Crippen molar-refractivity contribution in [3.05, 3.63) is 11.1 Å². The van der Waals surface area contributed by atoms with Crippen molar-refractivity contribution >= 4 is 44.7 Å². The molecule has 27 heavy (non-hydrogen) atoms. The van der Waals surface area contributed by atoms with Gasteiger partial charge in [-0.15, -0.1) is 15.6 Å². The number of hydroxylamine groups is 2. The predicted octanol–water partition coefficient (Wildman–Crippen LogP) is -1.50. The molecule has 13 nitrogen and oxygen atoms in total. The van der Waals surface area contributed by atoms with Crippen LogP contribution in [0, 0.1) is 0 Å². The monoisotopic (exact) mass is 420 g/mol. The number of anilines is 1. The number of aromatic nitrogens is 1. The maximum atomic E-state index is 12.6. The van der Waals surface area contributed by atoms with Crippen molar-refractivity contribution < 1.29 is 31.6 Å². The lowest BCUT2D eigenvalue weighted by Gasteiger charge is -2.31. The molecule has 3 heterocycles. The Bertz CT molecular complexity index is 887.